The molecule has 1 aliphatic rings. The van der Waals surface area contributed by atoms with Crippen molar-refractivity contribution in [2.75, 3.05) is 4.90 Å². The first kappa shape index (κ1) is 19.3. The molecule has 28 heavy (non-hydrogen) atoms. The Morgan fingerprint density at radius 3 is 2.50 bits per heavy atom. The summed E-state index contributed by atoms with van der Waals surface area (Å²) in [6, 6.07) is 11.0. The second-order valence-corrected chi connectivity index (χ2v) is 6.34. The number of amides is 4. The molecule has 2 aromatic rings. The van der Waals surface area contributed by atoms with Crippen LogP contribution in [-0.4, -0.2) is 23.9 Å². The topological polar surface area (TPSA) is 75.7 Å². The highest BCUT2D eigenvalue weighted by Gasteiger charge is 2.36. The lowest BCUT2D eigenvalue weighted by Crippen LogP contribution is -2.54. The lowest BCUT2D eigenvalue weighted by molar-refractivity contribution is -0.122. The van der Waals surface area contributed by atoms with Crippen molar-refractivity contribution in [3.05, 3.63) is 65.5 Å². The summed E-state index contributed by atoms with van der Waals surface area (Å²) in [7, 11) is 0. The van der Waals surface area contributed by atoms with E-state index in [1.165, 1.54) is 24.3 Å². The van der Waals surface area contributed by atoms with Crippen LogP contribution in [0.4, 0.5) is 14.9 Å². The zero-order valence-corrected chi connectivity index (χ0v) is 15.4. The maximum Gasteiger partial charge on any atom is 0.335 e. The quantitative estimate of drug-likeness (QED) is 0.632. The van der Waals surface area contributed by atoms with Gasteiger partial charge in [0, 0.05) is 0 Å². The minimum Gasteiger partial charge on any atom is -0.491 e. The van der Waals surface area contributed by atoms with Gasteiger partial charge in [-0.05, 0) is 55.3 Å². The molecule has 1 N–H and O–H groups in total. The second kappa shape index (κ2) is 8.04. The summed E-state index contributed by atoms with van der Waals surface area (Å²) in [5.41, 5.74) is 0.404. The summed E-state index contributed by atoms with van der Waals surface area (Å²) >= 11 is 0. The number of carbonyl (C=O) groups excluding carboxylic acids is 3. The molecule has 4 amide bonds. The lowest BCUT2D eigenvalue weighted by atomic mass is 10.1. The number of anilines is 1. The van der Waals surface area contributed by atoms with E-state index in [1.54, 1.807) is 24.3 Å². The molecule has 0 aliphatic carbocycles. The molecule has 0 saturated carbocycles. The number of imide groups is 2. The Labute approximate surface area is 161 Å². The Balaban J connectivity index is 1.88. The van der Waals surface area contributed by atoms with Crippen molar-refractivity contribution in [1.82, 2.24) is 5.32 Å². The van der Waals surface area contributed by atoms with Gasteiger partial charge in [-0.25, -0.2) is 14.1 Å². The van der Waals surface area contributed by atoms with Gasteiger partial charge in [-0.1, -0.05) is 25.1 Å². The largest absolute Gasteiger partial charge is 0.491 e. The summed E-state index contributed by atoms with van der Waals surface area (Å²) in [5, 5.41) is 2.10. The summed E-state index contributed by atoms with van der Waals surface area (Å²) < 4.78 is 19.2. The van der Waals surface area contributed by atoms with E-state index >= 15 is 0 Å². The molecule has 1 fully saturated rings. The van der Waals surface area contributed by atoms with Gasteiger partial charge in [0.2, 0.25) is 0 Å². The molecule has 144 valence electrons. The summed E-state index contributed by atoms with van der Waals surface area (Å²) in [4.78, 5) is 37.8. The Hall–Kier alpha value is -3.48. The van der Waals surface area contributed by atoms with Crippen LogP contribution >= 0.6 is 0 Å². The zero-order valence-electron chi connectivity index (χ0n) is 15.4. The molecule has 1 heterocycles. The third-order valence-corrected chi connectivity index (χ3v) is 4.27. The highest BCUT2D eigenvalue weighted by molar-refractivity contribution is 6.39. The van der Waals surface area contributed by atoms with Gasteiger partial charge in [0.25, 0.3) is 11.8 Å². The van der Waals surface area contributed by atoms with Crippen LogP contribution in [0.1, 0.15) is 25.8 Å². The number of hydrogen-bond acceptors (Lipinski definition) is 4. The minimum absolute atomic E-state index is 0.0400. The van der Waals surface area contributed by atoms with Crippen LogP contribution < -0.4 is 15.0 Å². The van der Waals surface area contributed by atoms with Gasteiger partial charge >= 0.3 is 6.03 Å². The van der Waals surface area contributed by atoms with Crippen molar-refractivity contribution in [1.29, 1.82) is 0 Å². The molecule has 2 aromatic carbocycles. The Kier molecular flexibility index (Phi) is 5.54. The van der Waals surface area contributed by atoms with E-state index in [0.717, 1.165) is 17.4 Å². The molecular weight excluding hydrogens is 363 g/mol. The van der Waals surface area contributed by atoms with Crippen molar-refractivity contribution in [2.45, 2.75) is 26.4 Å². The fourth-order valence-corrected chi connectivity index (χ4v) is 2.63. The van der Waals surface area contributed by atoms with Gasteiger partial charge in [0.05, 0.1) is 11.8 Å². The fourth-order valence-electron chi connectivity index (χ4n) is 2.63. The highest BCUT2D eigenvalue weighted by Crippen LogP contribution is 2.23. The summed E-state index contributed by atoms with van der Waals surface area (Å²) in [6.45, 7) is 3.97. The normalized spacial score (nSPS) is 16.9. The average molecular weight is 382 g/mol. The van der Waals surface area contributed by atoms with Gasteiger partial charge in [0.15, 0.2) is 0 Å². The molecule has 0 radical (unpaired) electrons. The molecule has 1 aliphatic heterocycles. The predicted octanol–water partition coefficient (Wildman–Crippen LogP) is 3.67. The van der Waals surface area contributed by atoms with Crippen molar-refractivity contribution in [3.63, 3.8) is 0 Å². The number of barbiturate groups is 1. The molecule has 7 heteroatoms. The number of nitrogens with one attached hydrogen (secondary N) is 1. The van der Waals surface area contributed by atoms with Gasteiger partial charge in [-0.3, -0.25) is 14.9 Å². The van der Waals surface area contributed by atoms with Gasteiger partial charge in [-0.15, -0.1) is 0 Å². The van der Waals surface area contributed by atoms with Crippen LogP contribution in [0, 0.1) is 5.82 Å². The number of urea groups is 1. The Morgan fingerprint density at radius 2 is 1.86 bits per heavy atom. The Morgan fingerprint density at radius 1 is 1.14 bits per heavy atom. The molecule has 1 atom stereocenters. The number of carbonyl (C=O) groups is 3. The molecule has 3 rings (SSSR count). The zero-order chi connectivity index (χ0) is 20.3. The van der Waals surface area contributed by atoms with Gasteiger partial charge in [0.1, 0.15) is 17.1 Å². The maximum absolute atomic E-state index is 13.5. The first-order valence-electron chi connectivity index (χ1n) is 8.82. The van der Waals surface area contributed by atoms with Crippen LogP contribution in [0.2, 0.25) is 0 Å². The number of nitrogens with zero attached hydrogens (tertiary/aromatic N) is 1. The summed E-state index contributed by atoms with van der Waals surface area (Å²) in [6.07, 6.45) is 2.31. The second-order valence-electron chi connectivity index (χ2n) is 6.34. The van der Waals surface area contributed by atoms with E-state index < -0.39 is 23.7 Å². The van der Waals surface area contributed by atoms with Crippen molar-refractivity contribution >= 4 is 29.6 Å². The smallest absolute Gasteiger partial charge is 0.335 e. The molecule has 6 nitrogen and oxygen atoms in total. The standard InChI is InChI=1S/C21H19FN2O4/c1-3-13(2)28-17-9-7-14(8-10-17)11-18-19(25)23-21(27)24(20(18)26)16-6-4-5-15(22)12-16/h4-13H,3H2,1-2H3,(H,23,25,27)/b18-11+/t13-/m0/s1. The van der Waals surface area contributed by atoms with E-state index in [9.17, 15) is 18.8 Å². The predicted molar refractivity (Wildman–Crippen MR) is 102 cm³/mol. The first-order chi connectivity index (χ1) is 13.4. The third kappa shape index (κ3) is 4.09. The van der Waals surface area contributed by atoms with E-state index in [-0.39, 0.29) is 17.4 Å². The minimum atomic E-state index is -0.921. The van der Waals surface area contributed by atoms with Crippen LogP contribution in [0.25, 0.3) is 6.08 Å². The number of benzene rings is 2. The molecule has 0 aromatic heterocycles. The average Bonchev–Trinajstić information content (AvgIpc) is 2.66. The maximum atomic E-state index is 13.5. The Bertz CT molecular complexity index is 953. The third-order valence-electron chi connectivity index (χ3n) is 4.27. The molecular formula is C21H19FN2O4. The van der Waals surface area contributed by atoms with Gasteiger partial charge in [-0.2, -0.15) is 0 Å². The fraction of sp³-hybridized carbons (Fsp3) is 0.190. The van der Waals surface area contributed by atoms with Crippen LogP contribution in [-0.2, 0) is 9.59 Å². The molecule has 0 unspecified atom stereocenters. The van der Waals surface area contributed by atoms with Gasteiger partial charge < -0.3 is 4.74 Å². The van der Waals surface area contributed by atoms with E-state index in [0.29, 0.717) is 11.3 Å². The molecule has 1 saturated heterocycles. The lowest BCUT2D eigenvalue weighted by Gasteiger charge is -2.26. The van der Waals surface area contributed by atoms with Crippen LogP contribution in [0.15, 0.2) is 54.1 Å². The summed E-state index contributed by atoms with van der Waals surface area (Å²) in [5.74, 6) is -1.55. The number of ether oxygens (including phenoxy) is 1. The van der Waals surface area contributed by atoms with E-state index in [4.69, 9.17) is 4.74 Å². The monoisotopic (exact) mass is 382 g/mol. The van der Waals surface area contributed by atoms with Crippen molar-refractivity contribution in [3.8, 4) is 5.75 Å². The van der Waals surface area contributed by atoms with E-state index in [1.807, 2.05) is 13.8 Å². The van der Waals surface area contributed by atoms with E-state index in [2.05, 4.69) is 5.32 Å². The van der Waals surface area contributed by atoms with Crippen molar-refractivity contribution < 1.29 is 23.5 Å². The van der Waals surface area contributed by atoms with Crippen molar-refractivity contribution in [2.24, 2.45) is 0 Å². The van der Waals surface area contributed by atoms with Crippen LogP contribution in [0.3, 0.4) is 0 Å². The molecule has 0 bridgehead atoms. The highest BCUT2D eigenvalue weighted by atomic mass is 19.1. The SMILES string of the molecule is CC[C@H](C)Oc1ccc(/C=C2\C(=O)NC(=O)N(c3cccc(F)c3)C2=O)cc1. The van der Waals surface area contributed by atoms with Crippen LogP contribution in [0.5, 0.6) is 5.75 Å². The number of hydrogen-bond donors (Lipinski definition) is 1. The number of halogens is 1. The first-order valence-corrected chi connectivity index (χ1v) is 8.82. The number of rotatable bonds is 5. The molecule has 0 spiro atoms.